The summed E-state index contributed by atoms with van der Waals surface area (Å²) in [4.78, 5) is 10.9. The highest BCUT2D eigenvalue weighted by Gasteiger charge is 1.95. The SMILES string of the molecule is C/C=C/C(=O)Nc1cn[nH]c1. The molecule has 0 saturated carbocycles. The van der Waals surface area contributed by atoms with Crippen molar-refractivity contribution in [1.29, 1.82) is 0 Å². The van der Waals surface area contributed by atoms with Crippen LogP contribution in [-0.2, 0) is 4.79 Å². The largest absolute Gasteiger partial charge is 0.320 e. The van der Waals surface area contributed by atoms with Crippen molar-refractivity contribution in [1.82, 2.24) is 10.2 Å². The van der Waals surface area contributed by atoms with Gasteiger partial charge in [-0.15, -0.1) is 0 Å². The molecule has 1 amide bonds. The van der Waals surface area contributed by atoms with E-state index in [9.17, 15) is 4.79 Å². The van der Waals surface area contributed by atoms with E-state index in [1.165, 1.54) is 6.08 Å². The number of H-pyrrole nitrogens is 1. The normalized spacial score (nSPS) is 10.3. The molecule has 0 bridgehead atoms. The molecule has 0 fully saturated rings. The van der Waals surface area contributed by atoms with E-state index >= 15 is 0 Å². The van der Waals surface area contributed by atoms with Crippen molar-refractivity contribution in [3.05, 3.63) is 24.5 Å². The summed E-state index contributed by atoms with van der Waals surface area (Å²) in [6.07, 6.45) is 6.28. The number of hydrogen-bond donors (Lipinski definition) is 2. The lowest BCUT2D eigenvalue weighted by molar-refractivity contribution is -0.111. The zero-order valence-electron chi connectivity index (χ0n) is 6.16. The van der Waals surface area contributed by atoms with E-state index in [1.54, 1.807) is 25.4 Å². The van der Waals surface area contributed by atoms with Crippen LogP contribution in [0.4, 0.5) is 5.69 Å². The van der Waals surface area contributed by atoms with Crippen LogP contribution in [0.1, 0.15) is 6.92 Å². The molecule has 0 saturated heterocycles. The monoisotopic (exact) mass is 151 g/mol. The lowest BCUT2D eigenvalue weighted by Crippen LogP contribution is -2.06. The van der Waals surface area contributed by atoms with E-state index in [0.29, 0.717) is 5.69 Å². The van der Waals surface area contributed by atoms with E-state index < -0.39 is 0 Å². The molecular weight excluding hydrogens is 142 g/mol. The van der Waals surface area contributed by atoms with Crippen LogP contribution >= 0.6 is 0 Å². The van der Waals surface area contributed by atoms with Gasteiger partial charge in [0.1, 0.15) is 0 Å². The quantitative estimate of drug-likeness (QED) is 0.617. The number of hydrogen-bond acceptors (Lipinski definition) is 2. The molecule has 1 heterocycles. The number of aromatic nitrogens is 2. The topological polar surface area (TPSA) is 57.8 Å². The van der Waals surface area contributed by atoms with Crippen LogP contribution in [0.2, 0.25) is 0 Å². The molecule has 0 aliphatic rings. The number of nitrogens with one attached hydrogen (secondary N) is 2. The standard InChI is InChI=1S/C7H9N3O/c1-2-3-7(11)10-6-4-8-9-5-6/h2-5H,1H3,(H,8,9)(H,10,11)/b3-2+. The van der Waals surface area contributed by atoms with Gasteiger partial charge in [-0.2, -0.15) is 5.10 Å². The van der Waals surface area contributed by atoms with Crippen molar-refractivity contribution in [2.45, 2.75) is 6.92 Å². The average molecular weight is 151 g/mol. The zero-order valence-corrected chi connectivity index (χ0v) is 6.16. The second-order valence-corrected chi connectivity index (χ2v) is 1.98. The third-order valence-corrected chi connectivity index (χ3v) is 1.08. The van der Waals surface area contributed by atoms with Gasteiger partial charge in [0.25, 0.3) is 0 Å². The van der Waals surface area contributed by atoms with Crippen molar-refractivity contribution in [2.24, 2.45) is 0 Å². The van der Waals surface area contributed by atoms with Crippen molar-refractivity contribution < 1.29 is 4.79 Å². The maximum atomic E-state index is 10.9. The van der Waals surface area contributed by atoms with Crippen LogP contribution in [0, 0.1) is 0 Å². The number of carbonyl (C=O) groups excluding carboxylic acids is 1. The molecule has 1 aromatic rings. The first-order valence-electron chi connectivity index (χ1n) is 3.25. The summed E-state index contributed by atoms with van der Waals surface area (Å²) in [5, 5.41) is 8.86. The Bertz CT molecular complexity index is 251. The van der Waals surface area contributed by atoms with Crippen LogP contribution < -0.4 is 5.32 Å². The Morgan fingerprint density at radius 1 is 1.82 bits per heavy atom. The highest BCUT2D eigenvalue weighted by Crippen LogP contribution is 1.99. The highest BCUT2D eigenvalue weighted by atomic mass is 16.1. The molecule has 0 radical (unpaired) electrons. The van der Waals surface area contributed by atoms with Crippen molar-refractivity contribution in [2.75, 3.05) is 5.32 Å². The summed E-state index contributed by atoms with van der Waals surface area (Å²) in [6, 6.07) is 0. The van der Waals surface area contributed by atoms with Crippen LogP contribution in [-0.4, -0.2) is 16.1 Å². The van der Waals surface area contributed by atoms with E-state index in [4.69, 9.17) is 0 Å². The molecule has 0 spiro atoms. The van der Waals surface area contributed by atoms with Crippen molar-refractivity contribution in [3.63, 3.8) is 0 Å². The third kappa shape index (κ3) is 2.25. The molecule has 11 heavy (non-hydrogen) atoms. The Kier molecular flexibility index (Phi) is 2.43. The Balaban J connectivity index is 2.50. The average Bonchev–Trinajstić information content (AvgIpc) is 2.40. The number of carbonyl (C=O) groups is 1. The Morgan fingerprint density at radius 2 is 2.64 bits per heavy atom. The van der Waals surface area contributed by atoms with E-state index in [0.717, 1.165) is 0 Å². The fraction of sp³-hybridized carbons (Fsp3) is 0.143. The van der Waals surface area contributed by atoms with E-state index in [-0.39, 0.29) is 5.91 Å². The smallest absolute Gasteiger partial charge is 0.248 e. The summed E-state index contributed by atoms with van der Waals surface area (Å²) in [7, 11) is 0. The highest BCUT2D eigenvalue weighted by molar-refractivity contribution is 5.98. The van der Waals surface area contributed by atoms with Gasteiger partial charge < -0.3 is 5.32 Å². The summed E-state index contributed by atoms with van der Waals surface area (Å²) >= 11 is 0. The van der Waals surface area contributed by atoms with Crippen molar-refractivity contribution in [3.8, 4) is 0 Å². The Hall–Kier alpha value is -1.58. The van der Waals surface area contributed by atoms with Crippen LogP contribution in [0.15, 0.2) is 24.5 Å². The maximum Gasteiger partial charge on any atom is 0.248 e. The molecule has 0 atom stereocenters. The summed E-state index contributed by atoms with van der Waals surface area (Å²) < 4.78 is 0. The van der Waals surface area contributed by atoms with E-state index in [2.05, 4.69) is 15.5 Å². The number of allylic oxidation sites excluding steroid dienone is 1. The van der Waals surface area contributed by atoms with Gasteiger partial charge in [-0.1, -0.05) is 6.08 Å². The van der Waals surface area contributed by atoms with Gasteiger partial charge in [0, 0.05) is 6.20 Å². The van der Waals surface area contributed by atoms with Gasteiger partial charge in [-0.25, -0.2) is 0 Å². The van der Waals surface area contributed by atoms with Crippen LogP contribution in [0.3, 0.4) is 0 Å². The second kappa shape index (κ2) is 3.55. The minimum Gasteiger partial charge on any atom is -0.320 e. The molecule has 0 aliphatic heterocycles. The number of nitrogens with zero attached hydrogens (tertiary/aromatic N) is 1. The van der Waals surface area contributed by atoms with Crippen molar-refractivity contribution >= 4 is 11.6 Å². The molecule has 0 aromatic carbocycles. The predicted molar refractivity (Wildman–Crippen MR) is 42.0 cm³/mol. The molecular formula is C7H9N3O. The lowest BCUT2D eigenvalue weighted by atomic mass is 10.4. The molecule has 1 rings (SSSR count). The first-order chi connectivity index (χ1) is 5.33. The lowest BCUT2D eigenvalue weighted by Gasteiger charge is -1.93. The van der Waals surface area contributed by atoms with Gasteiger partial charge in [0.05, 0.1) is 11.9 Å². The number of rotatable bonds is 2. The molecule has 1 aromatic heterocycles. The Labute approximate surface area is 64.3 Å². The fourth-order valence-corrected chi connectivity index (χ4v) is 0.655. The minimum absolute atomic E-state index is 0.145. The molecule has 0 unspecified atom stereocenters. The predicted octanol–water partition coefficient (Wildman–Crippen LogP) is 0.924. The first-order valence-corrected chi connectivity index (χ1v) is 3.25. The van der Waals surface area contributed by atoms with Gasteiger partial charge in [0.15, 0.2) is 0 Å². The number of aromatic amines is 1. The molecule has 58 valence electrons. The minimum atomic E-state index is -0.145. The fourth-order valence-electron chi connectivity index (χ4n) is 0.655. The van der Waals surface area contributed by atoms with E-state index in [1.807, 2.05) is 0 Å². The summed E-state index contributed by atoms with van der Waals surface area (Å²) in [6.45, 7) is 1.79. The third-order valence-electron chi connectivity index (χ3n) is 1.08. The first kappa shape index (κ1) is 7.53. The number of amides is 1. The van der Waals surface area contributed by atoms with Gasteiger partial charge >= 0.3 is 0 Å². The number of anilines is 1. The Morgan fingerprint density at radius 3 is 3.18 bits per heavy atom. The van der Waals surface area contributed by atoms with Gasteiger partial charge in [0.2, 0.25) is 5.91 Å². The summed E-state index contributed by atoms with van der Waals surface area (Å²) in [5.74, 6) is -0.145. The molecule has 0 aliphatic carbocycles. The van der Waals surface area contributed by atoms with Crippen LogP contribution in [0.25, 0.3) is 0 Å². The maximum absolute atomic E-state index is 10.9. The van der Waals surface area contributed by atoms with Gasteiger partial charge in [-0.05, 0) is 13.0 Å². The zero-order chi connectivity index (χ0) is 8.10. The molecule has 4 heteroatoms. The molecule has 2 N–H and O–H groups in total. The molecule has 4 nitrogen and oxygen atoms in total. The second-order valence-electron chi connectivity index (χ2n) is 1.98. The van der Waals surface area contributed by atoms with Gasteiger partial charge in [-0.3, -0.25) is 9.89 Å². The summed E-state index contributed by atoms with van der Waals surface area (Å²) in [5.41, 5.74) is 0.674. The van der Waals surface area contributed by atoms with Crippen LogP contribution in [0.5, 0.6) is 0 Å².